The van der Waals surface area contributed by atoms with Crippen molar-refractivity contribution >= 4 is 0 Å². The molecule has 8 aromatic rings. The summed E-state index contributed by atoms with van der Waals surface area (Å²) in [5.74, 6) is 0. The molecule has 0 unspecified atom stereocenters. The van der Waals surface area contributed by atoms with Gasteiger partial charge in [0.25, 0.3) is 0 Å². The van der Waals surface area contributed by atoms with Crippen LogP contribution in [0.2, 0.25) is 0 Å². The van der Waals surface area contributed by atoms with Gasteiger partial charge in [0, 0.05) is 10.8 Å². The molecule has 0 fully saturated rings. The lowest BCUT2D eigenvalue weighted by Crippen LogP contribution is -2.17. The van der Waals surface area contributed by atoms with Gasteiger partial charge in [-0.2, -0.15) is 0 Å². The Morgan fingerprint density at radius 3 is 0.714 bits per heavy atom. The lowest BCUT2D eigenvalue weighted by molar-refractivity contribution is 0.584. The van der Waals surface area contributed by atoms with Gasteiger partial charge in [-0.05, 0) is 193 Å². The van der Waals surface area contributed by atoms with Crippen LogP contribution in [0.15, 0.2) is 158 Å². The molecule has 0 heterocycles. The van der Waals surface area contributed by atoms with Crippen molar-refractivity contribution in [2.45, 2.75) is 143 Å². The van der Waals surface area contributed by atoms with Crippen molar-refractivity contribution in [1.82, 2.24) is 0 Å². The van der Waals surface area contributed by atoms with Gasteiger partial charge >= 0.3 is 0 Å². The van der Waals surface area contributed by atoms with Crippen molar-refractivity contribution in [2.24, 2.45) is 0 Å². The molecule has 0 saturated heterocycles. The highest BCUT2D eigenvalue weighted by Gasteiger charge is 2.38. The average molecular weight is 915 g/mol. The molecule has 0 N–H and O–H groups in total. The Bertz CT molecular complexity index is 3120. The molecule has 10 rings (SSSR count). The highest BCUT2D eigenvalue weighted by Crippen LogP contribution is 2.53. The van der Waals surface area contributed by atoms with E-state index in [0.717, 1.165) is 0 Å². The second-order valence-corrected chi connectivity index (χ2v) is 26.0. The Morgan fingerprint density at radius 2 is 0.429 bits per heavy atom. The summed E-state index contributed by atoms with van der Waals surface area (Å²) in [5, 5.41) is 0. The van der Waals surface area contributed by atoms with E-state index in [9.17, 15) is 0 Å². The first kappa shape index (κ1) is 47.4. The molecule has 0 aromatic heterocycles. The van der Waals surface area contributed by atoms with Crippen LogP contribution in [0.25, 0.3) is 77.9 Å². The first-order valence-corrected chi connectivity index (χ1v) is 25.8. The average Bonchev–Trinajstić information content (AvgIpc) is 3.68. The van der Waals surface area contributed by atoms with Gasteiger partial charge in [-0.3, -0.25) is 0 Å². The van der Waals surface area contributed by atoms with E-state index in [-0.39, 0.29) is 32.5 Å². The van der Waals surface area contributed by atoms with E-state index in [1.807, 2.05) is 0 Å². The van der Waals surface area contributed by atoms with E-state index in [1.165, 1.54) is 122 Å². The Labute approximate surface area is 421 Å². The Balaban J connectivity index is 1.15. The minimum atomic E-state index is -0.127. The van der Waals surface area contributed by atoms with Gasteiger partial charge in [-0.1, -0.05) is 220 Å². The van der Waals surface area contributed by atoms with Crippen LogP contribution in [0.4, 0.5) is 0 Å². The summed E-state index contributed by atoms with van der Waals surface area (Å²) in [6.45, 7) is 37.3. The molecule has 354 valence electrons. The van der Waals surface area contributed by atoms with Crippen LogP contribution in [0.1, 0.15) is 155 Å². The Hall–Kier alpha value is -6.24. The summed E-state index contributed by atoms with van der Waals surface area (Å²) in [5.41, 5.74) is 28.8. The predicted molar refractivity (Wildman–Crippen MR) is 304 cm³/mol. The van der Waals surface area contributed by atoms with Crippen molar-refractivity contribution < 1.29 is 0 Å². The fourth-order valence-corrected chi connectivity index (χ4v) is 11.3. The third-order valence-corrected chi connectivity index (χ3v) is 16.1. The van der Waals surface area contributed by atoms with Gasteiger partial charge in [0.1, 0.15) is 0 Å². The van der Waals surface area contributed by atoms with Crippen LogP contribution in [-0.4, -0.2) is 0 Å². The van der Waals surface area contributed by atoms with E-state index >= 15 is 0 Å². The minimum absolute atomic E-state index is 0.0703. The van der Waals surface area contributed by atoms with Crippen molar-refractivity contribution in [3.8, 4) is 77.9 Å². The van der Waals surface area contributed by atoms with Crippen LogP contribution >= 0.6 is 0 Å². The molecular weight excluding hydrogens is 841 g/mol. The molecule has 0 amide bonds. The lowest BCUT2D eigenvalue weighted by atomic mass is 9.78. The van der Waals surface area contributed by atoms with E-state index in [1.54, 1.807) is 0 Å². The second kappa shape index (κ2) is 16.1. The van der Waals surface area contributed by atoms with Crippen molar-refractivity contribution in [3.05, 3.63) is 202 Å². The molecule has 0 heteroatoms. The molecule has 8 aromatic carbocycles. The largest absolute Gasteiger partial charge is 0.0579 e. The maximum atomic E-state index is 2.49. The Morgan fingerprint density at radius 1 is 0.214 bits per heavy atom. The fraction of sp³-hybridized carbons (Fsp3) is 0.314. The second-order valence-electron chi connectivity index (χ2n) is 26.0. The maximum Gasteiger partial charge on any atom is 0.0159 e. The van der Waals surface area contributed by atoms with Crippen LogP contribution in [0.5, 0.6) is 0 Å². The van der Waals surface area contributed by atoms with Crippen molar-refractivity contribution in [1.29, 1.82) is 0 Å². The zero-order valence-electron chi connectivity index (χ0n) is 45.0. The zero-order chi connectivity index (χ0) is 50.1. The van der Waals surface area contributed by atoms with Crippen LogP contribution < -0.4 is 0 Å². The number of benzene rings is 8. The first-order valence-electron chi connectivity index (χ1n) is 25.8. The van der Waals surface area contributed by atoms with Crippen LogP contribution in [0.3, 0.4) is 0 Å². The normalized spacial score (nSPS) is 14.8. The molecule has 0 radical (unpaired) electrons. The van der Waals surface area contributed by atoms with E-state index in [0.29, 0.717) is 0 Å². The van der Waals surface area contributed by atoms with Gasteiger partial charge in [-0.15, -0.1) is 0 Å². The van der Waals surface area contributed by atoms with E-state index < -0.39 is 0 Å². The monoisotopic (exact) mass is 915 g/mol. The fourth-order valence-electron chi connectivity index (χ4n) is 11.3. The van der Waals surface area contributed by atoms with Gasteiger partial charge in [0.05, 0.1) is 0 Å². The number of hydrogen-bond acceptors (Lipinski definition) is 0. The summed E-state index contributed by atoms with van der Waals surface area (Å²) in [7, 11) is 0. The van der Waals surface area contributed by atoms with Gasteiger partial charge in [0.15, 0.2) is 0 Å². The van der Waals surface area contributed by atoms with Crippen LogP contribution in [-0.2, 0) is 32.5 Å². The summed E-state index contributed by atoms with van der Waals surface area (Å²) < 4.78 is 0. The summed E-state index contributed by atoms with van der Waals surface area (Å²) in [6, 6.07) is 62.0. The first-order chi connectivity index (χ1) is 32.7. The maximum absolute atomic E-state index is 2.49. The number of fused-ring (bicyclic) bond motifs is 6. The standard InChI is InChI=1S/C70H74/c1-65(2,3)53-23-17-43(18-24-53)47-33-49(45-21-29-57-59-31-27-55(67(7,8)9)41-63(59)69(13,14)61(57)39-45)37-51(35-47)52-36-48(44-19-25-54(26-20-44)66(4,5)6)34-50(38-52)46-22-30-58-60-32-28-56(68(10,11)12)42-64(60)70(15,16)62(58)40-46/h17-42H,1-16H3. The molecule has 0 saturated carbocycles. The smallest absolute Gasteiger partial charge is 0.0159 e. The molecule has 70 heavy (non-hydrogen) atoms. The van der Waals surface area contributed by atoms with Gasteiger partial charge < -0.3 is 0 Å². The van der Waals surface area contributed by atoms with Crippen LogP contribution in [0, 0.1) is 0 Å². The predicted octanol–water partition coefficient (Wildman–Crippen LogP) is 19.8. The molecular formula is C70H74. The highest BCUT2D eigenvalue weighted by molar-refractivity contribution is 5.90. The quantitative estimate of drug-likeness (QED) is 0.161. The molecule has 0 spiro atoms. The highest BCUT2D eigenvalue weighted by atomic mass is 14.4. The number of hydrogen-bond donors (Lipinski definition) is 0. The molecule has 2 aliphatic rings. The Kier molecular flexibility index (Phi) is 10.9. The van der Waals surface area contributed by atoms with Gasteiger partial charge in [-0.25, -0.2) is 0 Å². The SMILES string of the molecule is CC(C)(C)c1ccc(-c2cc(-c3cc(-c4ccc(C(C)(C)C)cc4)cc(-c4ccc5c(c4)C(C)(C)c4cc(C(C)(C)C)ccc4-5)c3)cc(-c3ccc4c(c3)C(C)(C)c3cc(C(C)(C)C)ccc3-4)c2)cc1. The molecule has 0 bridgehead atoms. The summed E-state index contributed by atoms with van der Waals surface area (Å²) in [6.07, 6.45) is 0. The van der Waals surface area contributed by atoms with E-state index in [4.69, 9.17) is 0 Å². The number of rotatable bonds is 5. The molecule has 0 atom stereocenters. The molecule has 0 aliphatic heterocycles. The van der Waals surface area contributed by atoms with E-state index in [2.05, 4.69) is 269 Å². The minimum Gasteiger partial charge on any atom is -0.0579 e. The third kappa shape index (κ3) is 8.30. The summed E-state index contributed by atoms with van der Waals surface area (Å²) >= 11 is 0. The van der Waals surface area contributed by atoms with Gasteiger partial charge in [0.2, 0.25) is 0 Å². The van der Waals surface area contributed by atoms with Crippen molar-refractivity contribution in [3.63, 3.8) is 0 Å². The van der Waals surface area contributed by atoms with Crippen molar-refractivity contribution in [2.75, 3.05) is 0 Å². The zero-order valence-corrected chi connectivity index (χ0v) is 45.0. The third-order valence-electron chi connectivity index (χ3n) is 16.1. The lowest BCUT2D eigenvalue weighted by Gasteiger charge is -2.25. The molecule has 0 nitrogen and oxygen atoms in total. The topological polar surface area (TPSA) is 0 Å². The molecule has 2 aliphatic carbocycles. The summed E-state index contributed by atoms with van der Waals surface area (Å²) in [4.78, 5) is 0.